The minimum Gasteiger partial charge on any atom is -0.383 e. The van der Waals surface area contributed by atoms with Crippen LogP contribution in [0.3, 0.4) is 0 Å². The van der Waals surface area contributed by atoms with Gasteiger partial charge in [0.1, 0.15) is 5.60 Å². The van der Waals surface area contributed by atoms with Gasteiger partial charge in [-0.1, -0.05) is 30.7 Å². The number of aromatic nitrogens is 1. The normalized spacial score (nSPS) is 31.2. The number of ketones is 1. The SMILES string of the molecule is C[C@]12C[C@H](c3ccc(C(=O)N4CCN(Cc5ccccn5)CC4)cc3)C3=C4CCC(=O)C=C4CC[C@H]3[C@@H]1CC[C@]2(O)C(F)(F)C(F)(F)F. The minimum atomic E-state index is -5.90. The van der Waals surface area contributed by atoms with E-state index in [-0.39, 0.29) is 30.4 Å². The third-order valence-corrected chi connectivity index (χ3v) is 12.1. The second-order valence-electron chi connectivity index (χ2n) is 14.5. The Balaban J connectivity index is 1.18. The molecule has 1 saturated heterocycles. The van der Waals surface area contributed by atoms with Gasteiger partial charge in [-0.05, 0) is 97.4 Å². The van der Waals surface area contributed by atoms with Crippen LogP contribution in [0.5, 0.6) is 0 Å². The van der Waals surface area contributed by atoms with E-state index < -0.39 is 41.4 Å². The Morgan fingerprint density at radius 1 is 0.979 bits per heavy atom. The largest absolute Gasteiger partial charge is 0.456 e. The highest BCUT2D eigenvalue weighted by atomic mass is 19.4. The Morgan fingerprint density at radius 3 is 2.38 bits per heavy atom. The molecule has 2 saturated carbocycles. The third-order valence-electron chi connectivity index (χ3n) is 12.1. The zero-order valence-electron chi connectivity index (χ0n) is 26.9. The number of fused-ring (bicyclic) bond motifs is 4. The zero-order valence-corrected chi connectivity index (χ0v) is 26.9. The van der Waals surface area contributed by atoms with Crippen LogP contribution in [0.25, 0.3) is 0 Å². The first-order valence-electron chi connectivity index (χ1n) is 16.9. The standard InChI is InChI=1S/C37H40F5N3O3/c1-34-21-30(23-5-7-24(8-6-23)33(47)45-18-16-44(17-19-45)22-26-4-2-3-15-43-26)32-28-12-10-27(46)20-25(28)9-11-29(32)31(34)13-14-35(34,48)36(38,39)37(40,41)42/h2-8,15,20,29-31,48H,9-14,16-19,21-22H2,1H3/t29-,30+,31-,34-,35+/m0/s1. The van der Waals surface area contributed by atoms with Crippen molar-refractivity contribution in [1.29, 1.82) is 0 Å². The molecule has 1 N–H and O–H groups in total. The first-order chi connectivity index (χ1) is 22.7. The highest BCUT2D eigenvalue weighted by Gasteiger charge is 2.79. The third kappa shape index (κ3) is 5.23. The molecule has 7 rings (SSSR count). The van der Waals surface area contributed by atoms with Gasteiger partial charge < -0.3 is 10.0 Å². The Hall–Kier alpha value is -3.44. The van der Waals surface area contributed by atoms with Crippen LogP contribution >= 0.6 is 0 Å². The molecule has 1 aliphatic heterocycles. The second kappa shape index (κ2) is 11.9. The van der Waals surface area contributed by atoms with Crippen molar-refractivity contribution in [1.82, 2.24) is 14.8 Å². The number of alkyl halides is 5. The van der Waals surface area contributed by atoms with Crippen LogP contribution in [0.4, 0.5) is 22.0 Å². The summed E-state index contributed by atoms with van der Waals surface area (Å²) >= 11 is 0. The lowest BCUT2D eigenvalue weighted by molar-refractivity contribution is -0.362. The van der Waals surface area contributed by atoms with Crippen molar-refractivity contribution in [2.75, 3.05) is 26.2 Å². The van der Waals surface area contributed by atoms with Gasteiger partial charge in [-0.2, -0.15) is 22.0 Å². The molecule has 1 aromatic heterocycles. The number of amides is 1. The Bertz CT molecular complexity index is 1650. The van der Waals surface area contributed by atoms with Gasteiger partial charge in [0.05, 0.1) is 5.69 Å². The van der Waals surface area contributed by atoms with Crippen molar-refractivity contribution < 1.29 is 36.6 Å². The topological polar surface area (TPSA) is 73.7 Å². The Morgan fingerprint density at radius 2 is 1.71 bits per heavy atom. The summed E-state index contributed by atoms with van der Waals surface area (Å²) in [6, 6.07) is 12.8. The van der Waals surface area contributed by atoms with Crippen LogP contribution < -0.4 is 0 Å². The number of hydrogen-bond donors (Lipinski definition) is 1. The number of nitrogens with zero attached hydrogens (tertiary/aromatic N) is 3. The number of rotatable bonds is 5. The average Bonchev–Trinajstić information content (AvgIpc) is 3.35. The van der Waals surface area contributed by atoms with Crippen LogP contribution in [0.1, 0.15) is 79.4 Å². The van der Waals surface area contributed by atoms with E-state index in [4.69, 9.17) is 0 Å². The molecular weight excluding hydrogens is 629 g/mol. The molecule has 0 bridgehead atoms. The van der Waals surface area contributed by atoms with Gasteiger partial charge in [0.15, 0.2) is 5.78 Å². The molecule has 256 valence electrons. The summed E-state index contributed by atoms with van der Waals surface area (Å²) in [4.78, 5) is 34.3. The van der Waals surface area contributed by atoms with E-state index in [0.717, 1.165) is 22.4 Å². The van der Waals surface area contributed by atoms with Crippen LogP contribution in [-0.4, -0.2) is 75.5 Å². The maximum absolute atomic E-state index is 15.3. The molecule has 4 aliphatic carbocycles. The van der Waals surface area contributed by atoms with Crippen molar-refractivity contribution in [2.45, 2.75) is 82.0 Å². The number of hydrogen-bond acceptors (Lipinski definition) is 5. The van der Waals surface area contributed by atoms with Crippen molar-refractivity contribution in [3.63, 3.8) is 0 Å². The molecule has 48 heavy (non-hydrogen) atoms. The van der Waals surface area contributed by atoms with E-state index in [1.807, 2.05) is 18.2 Å². The highest BCUT2D eigenvalue weighted by Crippen LogP contribution is 2.70. The van der Waals surface area contributed by atoms with Crippen molar-refractivity contribution in [3.05, 3.63) is 88.3 Å². The van der Waals surface area contributed by atoms with E-state index in [2.05, 4.69) is 9.88 Å². The summed E-state index contributed by atoms with van der Waals surface area (Å²) in [7, 11) is 0. The molecular formula is C37H40F5N3O3. The van der Waals surface area contributed by atoms with E-state index >= 15 is 8.78 Å². The molecule has 2 heterocycles. The number of benzene rings is 1. The van der Waals surface area contributed by atoms with E-state index in [0.29, 0.717) is 69.5 Å². The lowest BCUT2D eigenvalue weighted by Crippen LogP contribution is -2.65. The quantitative estimate of drug-likeness (QED) is 0.352. The first-order valence-corrected chi connectivity index (χ1v) is 16.9. The summed E-state index contributed by atoms with van der Waals surface area (Å²) in [5.41, 5.74) is 0.109. The minimum absolute atomic E-state index is 0.0329. The summed E-state index contributed by atoms with van der Waals surface area (Å²) in [6.45, 7) is 4.61. The van der Waals surface area contributed by atoms with Crippen molar-refractivity contribution in [2.24, 2.45) is 17.3 Å². The zero-order chi connectivity index (χ0) is 34.1. The van der Waals surface area contributed by atoms with Crippen LogP contribution in [0.15, 0.2) is 71.5 Å². The van der Waals surface area contributed by atoms with Crippen molar-refractivity contribution >= 4 is 11.7 Å². The van der Waals surface area contributed by atoms with Gasteiger partial charge in [-0.15, -0.1) is 0 Å². The van der Waals surface area contributed by atoms with Gasteiger partial charge in [-0.3, -0.25) is 19.5 Å². The predicted octanol–water partition coefficient (Wildman–Crippen LogP) is 6.87. The summed E-state index contributed by atoms with van der Waals surface area (Å²) in [5, 5.41) is 11.5. The first kappa shape index (κ1) is 33.1. The number of piperazine rings is 1. The smallest absolute Gasteiger partial charge is 0.383 e. The summed E-state index contributed by atoms with van der Waals surface area (Å²) in [6.07, 6.45) is -1.26. The summed E-state index contributed by atoms with van der Waals surface area (Å²) in [5.74, 6) is -6.78. The van der Waals surface area contributed by atoms with E-state index in [1.54, 1.807) is 41.4 Å². The molecule has 2 aromatic rings. The molecule has 3 fully saturated rings. The average molecular weight is 670 g/mol. The highest BCUT2D eigenvalue weighted by molar-refractivity contribution is 5.94. The monoisotopic (exact) mass is 669 g/mol. The molecule has 1 aromatic carbocycles. The number of aliphatic hydroxyl groups is 1. The molecule has 0 spiro atoms. The van der Waals surface area contributed by atoms with E-state index in [1.165, 1.54) is 6.92 Å². The van der Waals surface area contributed by atoms with E-state index in [9.17, 15) is 27.9 Å². The lowest BCUT2D eigenvalue weighted by atomic mass is 9.50. The Labute approximate surface area is 276 Å². The summed E-state index contributed by atoms with van der Waals surface area (Å²) < 4.78 is 72.1. The molecule has 5 atom stereocenters. The second-order valence-corrected chi connectivity index (χ2v) is 14.5. The van der Waals surface area contributed by atoms with Gasteiger partial charge >= 0.3 is 12.1 Å². The number of carbonyl (C=O) groups is 2. The van der Waals surface area contributed by atoms with Crippen LogP contribution in [0, 0.1) is 17.3 Å². The fourth-order valence-electron chi connectivity index (χ4n) is 9.58. The fourth-order valence-corrected chi connectivity index (χ4v) is 9.58. The van der Waals surface area contributed by atoms with Crippen molar-refractivity contribution in [3.8, 4) is 0 Å². The number of halogens is 5. The maximum atomic E-state index is 15.3. The molecule has 0 radical (unpaired) electrons. The fraction of sp³-hybridized carbons (Fsp3) is 0.541. The number of pyridine rings is 1. The molecule has 0 unspecified atom stereocenters. The van der Waals surface area contributed by atoms with Crippen LogP contribution in [-0.2, 0) is 11.3 Å². The van der Waals surface area contributed by atoms with Crippen LogP contribution in [0.2, 0.25) is 0 Å². The predicted molar refractivity (Wildman–Crippen MR) is 168 cm³/mol. The number of carbonyl (C=O) groups excluding carboxylic acids is 2. The lowest BCUT2D eigenvalue weighted by Gasteiger charge is -2.56. The van der Waals surface area contributed by atoms with Gasteiger partial charge in [0.2, 0.25) is 0 Å². The molecule has 11 heteroatoms. The van der Waals surface area contributed by atoms with Gasteiger partial charge in [0, 0.05) is 62.2 Å². The molecule has 1 amide bonds. The number of allylic oxidation sites excluding steroid dienone is 4. The van der Waals surface area contributed by atoms with Gasteiger partial charge in [-0.25, -0.2) is 0 Å². The van der Waals surface area contributed by atoms with Gasteiger partial charge in [0.25, 0.3) is 5.91 Å². The molecule has 5 aliphatic rings. The maximum Gasteiger partial charge on any atom is 0.456 e. The Kier molecular flexibility index (Phi) is 8.17. The molecule has 6 nitrogen and oxygen atoms in total.